The van der Waals surface area contributed by atoms with Crippen LogP contribution in [0.3, 0.4) is 0 Å². The maximum Gasteiger partial charge on any atom is 0.354 e. The highest BCUT2D eigenvalue weighted by Gasteiger charge is 2.46. The van der Waals surface area contributed by atoms with Gasteiger partial charge in [0.15, 0.2) is 0 Å². The molecule has 1 saturated carbocycles. The molecular formula is C22H20ClNO6. The fourth-order valence-electron chi connectivity index (χ4n) is 3.51. The Kier molecular flexibility index (Phi) is 5.55. The van der Waals surface area contributed by atoms with Gasteiger partial charge in [0.25, 0.3) is 11.7 Å². The number of benzene rings is 2. The maximum absolute atomic E-state index is 12.6. The highest BCUT2D eigenvalue weighted by molar-refractivity contribution is 6.34. The highest BCUT2D eigenvalue weighted by Crippen LogP contribution is 2.38. The summed E-state index contributed by atoms with van der Waals surface area (Å²) in [7, 11) is 0. The smallest absolute Gasteiger partial charge is 0.354 e. The lowest BCUT2D eigenvalue weighted by molar-refractivity contribution is -0.249. The van der Waals surface area contributed by atoms with E-state index < -0.39 is 29.2 Å². The summed E-state index contributed by atoms with van der Waals surface area (Å²) >= 11 is 6.25. The van der Waals surface area contributed by atoms with E-state index in [2.05, 4.69) is 5.32 Å². The van der Waals surface area contributed by atoms with Crippen LogP contribution in [0.2, 0.25) is 5.02 Å². The Morgan fingerprint density at radius 3 is 2.43 bits per heavy atom. The van der Waals surface area contributed by atoms with Crippen LogP contribution < -0.4 is 10.1 Å². The monoisotopic (exact) mass is 429 g/mol. The van der Waals surface area contributed by atoms with Crippen LogP contribution in [0.1, 0.15) is 32.1 Å². The van der Waals surface area contributed by atoms with Crippen molar-refractivity contribution in [1.29, 1.82) is 0 Å². The molecule has 0 saturated heterocycles. The average Bonchev–Trinajstić information content (AvgIpc) is 2.71. The lowest BCUT2D eigenvalue weighted by Gasteiger charge is -2.38. The van der Waals surface area contributed by atoms with E-state index >= 15 is 0 Å². The first-order chi connectivity index (χ1) is 14.5. The van der Waals surface area contributed by atoms with E-state index in [1.807, 2.05) is 18.2 Å². The second kappa shape index (κ2) is 8.28. The standard InChI is InChI=1S/C22H20ClNO6/c23-16-13-15(28-14-7-3-1-4-8-14)9-10-17(16)24-19(25)18-20(26)29-22(30-21(18)27)11-5-2-6-12-22/h1,3-4,7-10,13,26H,2,5-6,11-12H2,(H,24,25). The molecule has 1 fully saturated rings. The Morgan fingerprint density at radius 1 is 1.03 bits per heavy atom. The van der Waals surface area contributed by atoms with E-state index in [0.29, 0.717) is 24.3 Å². The number of aliphatic hydroxyl groups excluding tert-OH is 1. The fraction of sp³-hybridized carbons (Fsp3) is 0.273. The lowest BCUT2D eigenvalue weighted by Crippen LogP contribution is -2.45. The Balaban J connectivity index is 1.48. The van der Waals surface area contributed by atoms with Crippen molar-refractivity contribution >= 4 is 29.2 Å². The van der Waals surface area contributed by atoms with E-state index in [-0.39, 0.29) is 10.7 Å². The summed E-state index contributed by atoms with van der Waals surface area (Å²) < 4.78 is 16.5. The summed E-state index contributed by atoms with van der Waals surface area (Å²) in [6, 6.07) is 13.8. The third-order valence-electron chi connectivity index (χ3n) is 4.99. The van der Waals surface area contributed by atoms with Gasteiger partial charge in [-0.2, -0.15) is 0 Å². The number of hydrogen-bond donors (Lipinski definition) is 2. The van der Waals surface area contributed by atoms with Crippen LogP contribution in [0, 0.1) is 0 Å². The SMILES string of the molecule is O=C(Nc1ccc(Oc2ccccc2)cc1Cl)C1=C(O)OC2(CCCCC2)OC1=O. The second-order valence-electron chi connectivity index (χ2n) is 7.15. The van der Waals surface area contributed by atoms with Gasteiger partial charge in [0, 0.05) is 18.9 Å². The van der Waals surface area contributed by atoms with Gasteiger partial charge in [0.1, 0.15) is 11.5 Å². The van der Waals surface area contributed by atoms with Crippen LogP contribution in [0.4, 0.5) is 5.69 Å². The molecule has 2 aromatic rings. The van der Waals surface area contributed by atoms with Crippen molar-refractivity contribution in [2.75, 3.05) is 5.32 Å². The number of ether oxygens (including phenoxy) is 3. The van der Waals surface area contributed by atoms with Crippen molar-refractivity contribution in [2.45, 2.75) is 37.9 Å². The van der Waals surface area contributed by atoms with Crippen molar-refractivity contribution in [3.63, 3.8) is 0 Å². The molecule has 0 atom stereocenters. The molecule has 2 aliphatic rings. The minimum Gasteiger partial charge on any atom is -0.480 e. The number of aliphatic hydroxyl groups is 1. The lowest BCUT2D eigenvalue weighted by atomic mass is 9.93. The van der Waals surface area contributed by atoms with Gasteiger partial charge in [-0.1, -0.05) is 36.2 Å². The zero-order valence-electron chi connectivity index (χ0n) is 16.0. The molecule has 0 radical (unpaired) electrons. The first kappa shape index (κ1) is 20.1. The number of esters is 1. The largest absolute Gasteiger partial charge is 0.480 e. The van der Waals surface area contributed by atoms with Crippen LogP contribution in [0.25, 0.3) is 0 Å². The summed E-state index contributed by atoms with van der Waals surface area (Å²) in [5, 5.41) is 12.9. The third kappa shape index (κ3) is 4.21. The van der Waals surface area contributed by atoms with Gasteiger partial charge in [-0.15, -0.1) is 0 Å². The summed E-state index contributed by atoms with van der Waals surface area (Å²) in [5.41, 5.74) is -0.347. The van der Waals surface area contributed by atoms with Crippen LogP contribution >= 0.6 is 11.6 Å². The Morgan fingerprint density at radius 2 is 1.77 bits per heavy atom. The van der Waals surface area contributed by atoms with Gasteiger partial charge >= 0.3 is 11.9 Å². The molecule has 2 aromatic carbocycles. The minimum atomic E-state index is -1.18. The zero-order valence-corrected chi connectivity index (χ0v) is 16.8. The predicted molar refractivity (Wildman–Crippen MR) is 109 cm³/mol. The molecule has 1 heterocycles. The van der Waals surface area contributed by atoms with E-state index in [0.717, 1.165) is 19.3 Å². The van der Waals surface area contributed by atoms with Crippen LogP contribution in [0.15, 0.2) is 60.0 Å². The number of amides is 1. The molecule has 0 aromatic heterocycles. The summed E-state index contributed by atoms with van der Waals surface area (Å²) in [4.78, 5) is 25.0. The Labute approximate surface area is 178 Å². The topological polar surface area (TPSA) is 94.1 Å². The Hall–Kier alpha value is -3.19. The van der Waals surface area contributed by atoms with Crippen molar-refractivity contribution in [1.82, 2.24) is 0 Å². The first-order valence-electron chi connectivity index (χ1n) is 9.65. The molecule has 0 bridgehead atoms. The quantitative estimate of drug-likeness (QED) is 0.520. The number of anilines is 1. The van der Waals surface area contributed by atoms with E-state index in [1.165, 1.54) is 12.1 Å². The molecule has 0 unspecified atom stereocenters. The average molecular weight is 430 g/mol. The zero-order chi connectivity index (χ0) is 21.1. The number of hydrogen-bond acceptors (Lipinski definition) is 6. The molecule has 1 aliphatic heterocycles. The van der Waals surface area contributed by atoms with Crippen LogP contribution in [0.5, 0.6) is 11.5 Å². The molecule has 30 heavy (non-hydrogen) atoms. The van der Waals surface area contributed by atoms with Gasteiger partial charge in [-0.05, 0) is 37.1 Å². The number of nitrogens with one attached hydrogen (secondary N) is 1. The molecule has 1 amide bonds. The van der Waals surface area contributed by atoms with Gasteiger partial charge < -0.3 is 24.6 Å². The number of carbonyl (C=O) groups is 2. The summed E-state index contributed by atoms with van der Waals surface area (Å²) in [6.45, 7) is 0. The van der Waals surface area contributed by atoms with E-state index in [9.17, 15) is 14.7 Å². The molecular weight excluding hydrogens is 410 g/mol. The molecule has 8 heteroatoms. The highest BCUT2D eigenvalue weighted by atomic mass is 35.5. The molecule has 1 spiro atoms. The van der Waals surface area contributed by atoms with Crippen molar-refractivity contribution in [3.05, 3.63) is 65.1 Å². The molecule has 1 aliphatic carbocycles. The summed E-state index contributed by atoms with van der Waals surface area (Å²) in [5.74, 6) is -2.59. The van der Waals surface area contributed by atoms with Gasteiger partial charge in [0.2, 0.25) is 5.57 Å². The third-order valence-corrected chi connectivity index (χ3v) is 5.30. The maximum atomic E-state index is 12.6. The molecule has 2 N–H and O–H groups in total. The number of halogens is 1. The second-order valence-corrected chi connectivity index (χ2v) is 7.56. The normalized spacial score (nSPS) is 17.8. The molecule has 7 nitrogen and oxygen atoms in total. The number of rotatable bonds is 4. The van der Waals surface area contributed by atoms with Crippen molar-refractivity contribution in [2.24, 2.45) is 0 Å². The minimum absolute atomic E-state index is 0.200. The summed E-state index contributed by atoms with van der Waals surface area (Å²) in [6.07, 6.45) is 3.59. The van der Waals surface area contributed by atoms with E-state index in [1.54, 1.807) is 18.2 Å². The number of para-hydroxylation sites is 1. The predicted octanol–water partition coefficient (Wildman–Crippen LogP) is 5.07. The van der Waals surface area contributed by atoms with E-state index in [4.69, 9.17) is 25.8 Å². The van der Waals surface area contributed by atoms with Crippen LogP contribution in [-0.4, -0.2) is 22.8 Å². The molecule has 4 rings (SSSR count). The van der Waals surface area contributed by atoms with Crippen LogP contribution in [-0.2, 0) is 19.1 Å². The van der Waals surface area contributed by atoms with Gasteiger partial charge in [-0.25, -0.2) is 4.79 Å². The van der Waals surface area contributed by atoms with Crippen molar-refractivity contribution < 1.29 is 28.9 Å². The van der Waals surface area contributed by atoms with Gasteiger partial charge in [0.05, 0.1) is 10.7 Å². The fourth-order valence-corrected chi connectivity index (χ4v) is 3.73. The Bertz CT molecular complexity index is 998. The number of carbonyl (C=O) groups excluding carboxylic acids is 2. The first-order valence-corrected chi connectivity index (χ1v) is 10.0. The van der Waals surface area contributed by atoms with Gasteiger partial charge in [-0.3, -0.25) is 4.79 Å². The molecule has 156 valence electrons. The van der Waals surface area contributed by atoms with Crippen molar-refractivity contribution in [3.8, 4) is 11.5 Å².